The van der Waals surface area contributed by atoms with Gasteiger partial charge in [-0.15, -0.1) is 23.1 Å². The fourth-order valence-corrected chi connectivity index (χ4v) is 6.13. The summed E-state index contributed by atoms with van der Waals surface area (Å²) in [5, 5.41) is 18.8. The van der Waals surface area contributed by atoms with Crippen molar-refractivity contribution in [2.24, 2.45) is 5.16 Å². The van der Waals surface area contributed by atoms with E-state index in [9.17, 15) is 24.3 Å². The topological polar surface area (TPSA) is 180 Å². The number of fused-ring (bicyclic) bond motifs is 1. The molecule has 0 aromatic carbocycles. The number of nitrogens with two attached hydrogens (primary N) is 1. The van der Waals surface area contributed by atoms with Gasteiger partial charge in [-0.1, -0.05) is 16.9 Å². The second kappa shape index (κ2) is 11.6. The zero-order valence-corrected chi connectivity index (χ0v) is 22.8. The summed E-state index contributed by atoms with van der Waals surface area (Å²) in [5.74, 6) is -2.48. The summed E-state index contributed by atoms with van der Waals surface area (Å²) < 4.78 is 5.04. The van der Waals surface area contributed by atoms with Crippen LogP contribution in [0.4, 0.5) is 5.13 Å². The first-order valence-electron chi connectivity index (χ1n) is 9.53. The van der Waals surface area contributed by atoms with E-state index in [0.29, 0.717) is 5.57 Å². The average molecular weight is 546 g/mol. The molecular weight excluding hydrogens is 529 g/mol. The van der Waals surface area contributed by atoms with Crippen molar-refractivity contribution in [1.29, 1.82) is 0 Å². The van der Waals surface area contributed by atoms with Gasteiger partial charge in [-0.25, -0.2) is 4.98 Å². The predicted octanol–water partition coefficient (Wildman–Crippen LogP) is -3.35. The Morgan fingerprint density at radius 3 is 2.83 bits per heavy atom. The van der Waals surface area contributed by atoms with Crippen LogP contribution >= 0.6 is 34.9 Å². The molecular formula is C19H16N5NaO7S3. The molecule has 0 saturated carbocycles. The fourth-order valence-electron chi connectivity index (χ4n) is 3.30. The van der Waals surface area contributed by atoms with E-state index in [1.165, 1.54) is 36.6 Å². The van der Waals surface area contributed by atoms with Crippen molar-refractivity contribution in [2.45, 2.75) is 11.4 Å². The monoisotopic (exact) mass is 545 g/mol. The van der Waals surface area contributed by atoms with E-state index in [4.69, 9.17) is 15.0 Å². The van der Waals surface area contributed by atoms with Crippen LogP contribution in [0.1, 0.15) is 16.2 Å². The molecule has 0 radical (unpaired) electrons. The quantitative estimate of drug-likeness (QED) is 0.146. The number of anilines is 1. The first-order valence-corrected chi connectivity index (χ1v) is 12.4. The summed E-state index contributed by atoms with van der Waals surface area (Å²) >= 11 is 3.22. The molecule has 4 rings (SSSR count). The van der Waals surface area contributed by atoms with E-state index in [0.717, 1.165) is 28.0 Å². The third kappa shape index (κ3) is 5.59. The number of carbonyl (C=O) groups excluding carboxylic acids is 4. The molecule has 2 aromatic rings. The minimum absolute atomic E-state index is 0. The Kier molecular flexibility index (Phi) is 9.06. The molecule has 2 atom stereocenters. The molecule has 2 aliphatic rings. The van der Waals surface area contributed by atoms with Gasteiger partial charge in [-0.05, 0) is 17.7 Å². The predicted molar refractivity (Wildman–Crippen MR) is 123 cm³/mol. The third-order valence-electron chi connectivity index (χ3n) is 4.79. The maximum Gasteiger partial charge on any atom is 1.00 e. The van der Waals surface area contributed by atoms with Gasteiger partial charge >= 0.3 is 29.6 Å². The number of thiazole rings is 1. The van der Waals surface area contributed by atoms with Crippen molar-refractivity contribution in [3.63, 3.8) is 0 Å². The van der Waals surface area contributed by atoms with Crippen molar-refractivity contribution >= 4 is 68.6 Å². The van der Waals surface area contributed by atoms with E-state index < -0.39 is 29.2 Å². The van der Waals surface area contributed by atoms with Gasteiger partial charge in [0.2, 0.25) is 0 Å². The Labute approximate surface area is 233 Å². The number of aliphatic carboxylic acids is 1. The van der Waals surface area contributed by atoms with Crippen LogP contribution in [0.2, 0.25) is 0 Å². The Bertz CT molecular complexity index is 1210. The van der Waals surface area contributed by atoms with E-state index >= 15 is 0 Å². The maximum absolute atomic E-state index is 12.8. The second-order valence-corrected chi connectivity index (χ2v) is 9.79. The molecule has 1 saturated heterocycles. The molecule has 2 aromatic heterocycles. The number of aromatic nitrogens is 1. The minimum atomic E-state index is -1.54. The van der Waals surface area contributed by atoms with Crippen molar-refractivity contribution in [1.82, 2.24) is 15.2 Å². The number of amides is 2. The minimum Gasteiger partial charge on any atom is -0.543 e. The molecule has 0 unspecified atom stereocenters. The van der Waals surface area contributed by atoms with Crippen LogP contribution in [-0.4, -0.2) is 68.5 Å². The first-order chi connectivity index (χ1) is 16.3. The van der Waals surface area contributed by atoms with Crippen molar-refractivity contribution < 1.29 is 63.1 Å². The molecule has 0 aliphatic carbocycles. The summed E-state index contributed by atoms with van der Waals surface area (Å²) in [6.45, 7) is 0. The number of thioether (sulfide) groups is 2. The van der Waals surface area contributed by atoms with Crippen LogP contribution < -0.4 is 45.7 Å². The van der Waals surface area contributed by atoms with E-state index in [1.54, 1.807) is 6.07 Å². The van der Waals surface area contributed by atoms with E-state index in [-0.39, 0.29) is 74.2 Å². The van der Waals surface area contributed by atoms with Gasteiger partial charge in [0.15, 0.2) is 16.6 Å². The second-order valence-electron chi connectivity index (χ2n) is 6.85. The van der Waals surface area contributed by atoms with Crippen LogP contribution in [0.25, 0.3) is 0 Å². The molecule has 3 N–H and O–H groups in total. The molecule has 0 bridgehead atoms. The van der Waals surface area contributed by atoms with E-state index in [1.807, 2.05) is 0 Å². The number of carboxylic acids is 1. The zero-order valence-electron chi connectivity index (χ0n) is 18.4. The summed E-state index contributed by atoms with van der Waals surface area (Å²) in [4.78, 5) is 59.4. The molecule has 2 amide bonds. The van der Waals surface area contributed by atoms with Crippen LogP contribution in [0.3, 0.4) is 0 Å². The third-order valence-corrected chi connectivity index (χ3v) is 7.76. The number of carbonyl (C=O) groups is 4. The average Bonchev–Trinajstić information content (AvgIpc) is 3.50. The number of carboxylic acid groups (broad SMARTS) is 1. The van der Waals surface area contributed by atoms with Crippen molar-refractivity contribution in [3.8, 4) is 0 Å². The number of nitrogens with zero attached hydrogens (tertiary/aromatic N) is 3. The van der Waals surface area contributed by atoms with E-state index in [2.05, 4.69) is 15.5 Å². The molecule has 178 valence electrons. The van der Waals surface area contributed by atoms with Crippen LogP contribution in [0.5, 0.6) is 0 Å². The number of rotatable bonds is 8. The summed E-state index contributed by atoms with van der Waals surface area (Å²) in [7, 11) is 1.25. The van der Waals surface area contributed by atoms with Crippen LogP contribution in [0, 0.1) is 0 Å². The number of furan rings is 1. The van der Waals surface area contributed by atoms with Gasteiger partial charge in [-0.3, -0.25) is 19.3 Å². The Morgan fingerprint density at radius 2 is 2.23 bits per heavy atom. The normalized spacial score (nSPS) is 19.4. The number of nitrogens with one attached hydrogen (secondary N) is 1. The van der Waals surface area contributed by atoms with Crippen LogP contribution in [0.15, 0.2) is 44.6 Å². The Morgan fingerprint density at radius 1 is 1.46 bits per heavy atom. The first kappa shape index (κ1) is 27.3. The number of oxime groups is 1. The van der Waals surface area contributed by atoms with Crippen molar-refractivity contribution in [3.05, 3.63) is 46.5 Å². The number of β-lactam (4-membered cyclic amide) rings is 1. The Hall–Kier alpha value is -2.30. The molecule has 35 heavy (non-hydrogen) atoms. The molecule has 1 fully saturated rings. The van der Waals surface area contributed by atoms with Gasteiger partial charge in [-0.2, -0.15) is 0 Å². The van der Waals surface area contributed by atoms with Gasteiger partial charge in [0.1, 0.15) is 24.2 Å². The smallest absolute Gasteiger partial charge is 0.543 e. The maximum atomic E-state index is 12.8. The summed E-state index contributed by atoms with van der Waals surface area (Å²) in [5.41, 5.74) is 5.68. The standard InChI is InChI=1S/C19H17N5O7S3.Na/c1-30-23-11(9-7-34-19(20)21-9)14(25)22-12-15(26)24-13(17(27)28)8(5-32-16(12)24)6-33-18(29)10-3-2-4-31-10;/h2-4,7,12,16H,5-6H2,1H3,(H2,20,21)(H,22,25)(H,27,28);/q;+1/p-1/b23-11+;/t12-,16-;/m1./s1. The van der Waals surface area contributed by atoms with Gasteiger partial charge in [0.25, 0.3) is 16.9 Å². The van der Waals surface area contributed by atoms with Gasteiger partial charge in [0, 0.05) is 16.9 Å². The summed E-state index contributed by atoms with van der Waals surface area (Å²) in [6, 6.07) is 2.08. The van der Waals surface area contributed by atoms with Crippen molar-refractivity contribution in [2.75, 3.05) is 24.3 Å². The fraction of sp³-hybridized carbons (Fsp3) is 0.263. The largest absolute Gasteiger partial charge is 1.00 e. The van der Waals surface area contributed by atoms with Crippen LogP contribution in [-0.2, 0) is 19.2 Å². The SMILES string of the molecule is CO/N=C(/C(=O)N[C@@H]1C(=O)N2C(C(=O)[O-])=C(CSC(=O)c3ccco3)CS[C@H]12)c1csc(N)n1.[Na+]. The number of hydrogen-bond acceptors (Lipinski definition) is 13. The zero-order chi connectivity index (χ0) is 24.4. The van der Waals surface area contributed by atoms with Gasteiger partial charge in [0.05, 0.1) is 17.9 Å². The molecule has 16 heteroatoms. The molecule has 2 aliphatic heterocycles. The Balaban J connectivity index is 0.00000342. The summed E-state index contributed by atoms with van der Waals surface area (Å²) in [6.07, 6.45) is 1.36. The molecule has 0 spiro atoms. The number of hydrogen-bond donors (Lipinski definition) is 2. The number of nitrogen functional groups attached to an aromatic ring is 1. The van der Waals surface area contributed by atoms with Gasteiger partial charge < -0.3 is 30.2 Å². The molecule has 12 nitrogen and oxygen atoms in total. The molecule has 4 heterocycles.